The van der Waals surface area contributed by atoms with Gasteiger partial charge in [-0.1, -0.05) is 26.2 Å². The van der Waals surface area contributed by atoms with E-state index in [4.69, 9.17) is 9.47 Å². The monoisotopic (exact) mass is 257 g/mol. The first-order valence-corrected chi connectivity index (χ1v) is 7.68. The first-order valence-electron chi connectivity index (χ1n) is 7.68. The standard InChI is InChI=1S/C15H31NO2/c1-3-10-16-15(13-18-12-7-11-17-2)14-8-5-4-6-9-14/h14-16H,3-13H2,1-2H3. The normalized spacial score (nSPS) is 19.0. The van der Waals surface area contributed by atoms with E-state index in [1.54, 1.807) is 7.11 Å². The zero-order chi connectivity index (χ0) is 13.1. The molecule has 3 heteroatoms. The number of hydrogen-bond acceptors (Lipinski definition) is 3. The highest BCUT2D eigenvalue weighted by atomic mass is 16.5. The van der Waals surface area contributed by atoms with Crippen molar-refractivity contribution in [3.8, 4) is 0 Å². The van der Waals surface area contributed by atoms with Crippen LogP contribution in [0.4, 0.5) is 0 Å². The minimum absolute atomic E-state index is 0.563. The van der Waals surface area contributed by atoms with Crippen LogP contribution in [0.5, 0.6) is 0 Å². The van der Waals surface area contributed by atoms with Gasteiger partial charge >= 0.3 is 0 Å². The molecule has 0 amide bonds. The van der Waals surface area contributed by atoms with E-state index in [1.807, 2.05) is 0 Å². The van der Waals surface area contributed by atoms with E-state index in [0.29, 0.717) is 6.04 Å². The second kappa shape index (κ2) is 10.8. The third-order valence-electron chi connectivity index (χ3n) is 3.81. The second-order valence-electron chi connectivity index (χ2n) is 5.38. The molecule has 1 aliphatic carbocycles. The van der Waals surface area contributed by atoms with E-state index in [2.05, 4.69) is 12.2 Å². The van der Waals surface area contributed by atoms with Crippen molar-refractivity contribution in [3.63, 3.8) is 0 Å². The summed E-state index contributed by atoms with van der Waals surface area (Å²) >= 11 is 0. The summed E-state index contributed by atoms with van der Waals surface area (Å²) in [4.78, 5) is 0. The molecule has 1 N–H and O–H groups in total. The van der Waals surface area contributed by atoms with Gasteiger partial charge in [-0.05, 0) is 38.1 Å². The Morgan fingerprint density at radius 1 is 1.17 bits per heavy atom. The van der Waals surface area contributed by atoms with Crippen LogP contribution in [0.1, 0.15) is 51.9 Å². The van der Waals surface area contributed by atoms with E-state index < -0.39 is 0 Å². The quantitative estimate of drug-likeness (QED) is 0.610. The van der Waals surface area contributed by atoms with E-state index in [9.17, 15) is 0 Å². The fourth-order valence-corrected chi connectivity index (χ4v) is 2.74. The van der Waals surface area contributed by atoms with E-state index in [1.165, 1.54) is 38.5 Å². The minimum Gasteiger partial charge on any atom is -0.385 e. The van der Waals surface area contributed by atoms with Crippen molar-refractivity contribution < 1.29 is 9.47 Å². The fraction of sp³-hybridized carbons (Fsp3) is 1.00. The first-order chi connectivity index (χ1) is 8.88. The number of methoxy groups -OCH3 is 1. The summed E-state index contributed by atoms with van der Waals surface area (Å²) in [6.07, 6.45) is 9.18. The Labute approximate surface area is 113 Å². The van der Waals surface area contributed by atoms with E-state index in [-0.39, 0.29) is 0 Å². The number of ether oxygens (including phenoxy) is 2. The molecule has 108 valence electrons. The molecule has 1 unspecified atom stereocenters. The molecule has 18 heavy (non-hydrogen) atoms. The zero-order valence-corrected chi connectivity index (χ0v) is 12.2. The Kier molecular flexibility index (Phi) is 9.54. The van der Waals surface area contributed by atoms with E-state index >= 15 is 0 Å². The van der Waals surface area contributed by atoms with Gasteiger partial charge in [0.25, 0.3) is 0 Å². The summed E-state index contributed by atoms with van der Waals surface area (Å²) < 4.78 is 10.8. The van der Waals surface area contributed by atoms with Gasteiger partial charge in [0.1, 0.15) is 0 Å². The maximum absolute atomic E-state index is 5.81. The van der Waals surface area contributed by atoms with Crippen molar-refractivity contribution in [3.05, 3.63) is 0 Å². The molecule has 1 rings (SSSR count). The first kappa shape index (κ1) is 15.9. The van der Waals surface area contributed by atoms with Gasteiger partial charge in [-0.25, -0.2) is 0 Å². The van der Waals surface area contributed by atoms with Crippen LogP contribution >= 0.6 is 0 Å². The van der Waals surface area contributed by atoms with Gasteiger partial charge in [0.05, 0.1) is 6.61 Å². The molecular formula is C15H31NO2. The van der Waals surface area contributed by atoms with Crippen LogP contribution < -0.4 is 5.32 Å². The molecule has 0 aliphatic heterocycles. The van der Waals surface area contributed by atoms with Crippen LogP contribution in [0.3, 0.4) is 0 Å². The number of rotatable bonds is 10. The molecule has 0 aromatic carbocycles. The lowest BCUT2D eigenvalue weighted by atomic mass is 9.84. The third kappa shape index (κ3) is 6.72. The molecule has 1 aliphatic rings. The molecule has 0 aromatic heterocycles. The molecule has 0 heterocycles. The molecule has 1 saturated carbocycles. The Morgan fingerprint density at radius 3 is 2.61 bits per heavy atom. The summed E-state index contributed by atoms with van der Waals surface area (Å²) in [5, 5.41) is 3.67. The smallest absolute Gasteiger partial charge is 0.0622 e. The SMILES string of the molecule is CCCNC(COCCCOC)C1CCCCC1. The van der Waals surface area contributed by atoms with Crippen LogP contribution in [0.25, 0.3) is 0 Å². The predicted octanol–water partition coefficient (Wildman–Crippen LogP) is 2.99. The van der Waals surface area contributed by atoms with Gasteiger partial charge in [-0.15, -0.1) is 0 Å². The van der Waals surface area contributed by atoms with Gasteiger partial charge in [0.2, 0.25) is 0 Å². The Hall–Kier alpha value is -0.120. The van der Waals surface area contributed by atoms with Gasteiger partial charge < -0.3 is 14.8 Å². The van der Waals surface area contributed by atoms with Crippen molar-refractivity contribution in [2.24, 2.45) is 5.92 Å². The molecule has 0 aromatic rings. The van der Waals surface area contributed by atoms with Gasteiger partial charge in [-0.2, -0.15) is 0 Å². The molecular weight excluding hydrogens is 226 g/mol. The molecule has 1 fully saturated rings. The van der Waals surface area contributed by atoms with Crippen LogP contribution in [-0.2, 0) is 9.47 Å². The maximum atomic E-state index is 5.81. The average Bonchev–Trinajstić information content (AvgIpc) is 2.43. The average molecular weight is 257 g/mol. The van der Waals surface area contributed by atoms with Crippen LogP contribution in [0, 0.1) is 5.92 Å². The molecule has 0 saturated heterocycles. The zero-order valence-electron chi connectivity index (χ0n) is 12.2. The fourth-order valence-electron chi connectivity index (χ4n) is 2.74. The van der Waals surface area contributed by atoms with E-state index in [0.717, 1.165) is 38.7 Å². The van der Waals surface area contributed by atoms with Crippen molar-refractivity contribution in [2.75, 3.05) is 33.5 Å². The minimum atomic E-state index is 0.563. The summed E-state index contributed by atoms with van der Waals surface area (Å²) in [7, 11) is 1.74. The lowest BCUT2D eigenvalue weighted by Crippen LogP contribution is -2.41. The highest BCUT2D eigenvalue weighted by Gasteiger charge is 2.22. The second-order valence-corrected chi connectivity index (χ2v) is 5.38. The van der Waals surface area contributed by atoms with Crippen molar-refractivity contribution in [1.82, 2.24) is 5.32 Å². The number of hydrogen-bond donors (Lipinski definition) is 1. The molecule has 0 bridgehead atoms. The third-order valence-corrected chi connectivity index (χ3v) is 3.81. The molecule has 0 spiro atoms. The summed E-state index contributed by atoms with van der Waals surface area (Å²) in [5.74, 6) is 0.827. The molecule has 0 radical (unpaired) electrons. The van der Waals surface area contributed by atoms with Crippen LogP contribution in [-0.4, -0.2) is 39.5 Å². The topological polar surface area (TPSA) is 30.5 Å². The summed E-state index contributed by atoms with van der Waals surface area (Å²) in [6, 6.07) is 0.563. The Balaban J connectivity index is 2.21. The lowest BCUT2D eigenvalue weighted by molar-refractivity contribution is 0.0685. The molecule has 3 nitrogen and oxygen atoms in total. The summed E-state index contributed by atoms with van der Waals surface area (Å²) in [5.41, 5.74) is 0. The Bertz CT molecular complexity index is 181. The summed E-state index contributed by atoms with van der Waals surface area (Å²) in [6.45, 7) is 5.84. The van der Waals surface area contributed by atoms with Crippen LogP contribution in [0.15, 0.2) is 0 Å². The van der Waals surface area contributed by atoms with Gasteiger partial charge in [0, 0.05) is 26.4 Å². The van der Waals surface area contributed by atoms with Crippen molar-refractivity contribution in [2.45, 2.75) is 57.9 Å². The maximum Gasteiger partial charge on any atom is 0.0622 e. The van der Waals surface area contributed by atoms with Gasteiger partial charge in [-0.3, -0.25) is 0 Å². The predicted molar refractivity (Wildman–Crippen MR) is 76.0 cm³/mol. The van der Waals surface area contributed by atoms with Crippen molar-refractivity contribution >= 4 is 0 Å². The lowest BCUT2D eigenvalue weighted by Gasteiger charge is -2.31. The molecule has 1 atom stereocenters. The highest BCUT2D eigenvalue weighted by molar-refractivity contribution is 4.79. The highest BCUT2D eigenvalue weighted by Crippen LogP contribution is 2.26. The largest absolute Gasteiger partial charge is 0.385 e. The van der Waals surface area contributed by atoms with Crippen molar-refractivity contribution in [1.29, 1.82) is 0 Å². The Morgan fingerprint density at radius 2 is 1.94 bits per heavy atom. The van der Waals surface area contributed by atoms with Gasteiger partial charge in [0.15, 0.2) is 0 Å². The van der Waals surface area contributed by atoms with Crippen LogP contribution in [0.2, 0.25) is 0 Å². The number of nitrogens with one attached hydrogen (secondary N) is 1.